The van der Waals surface area contributed by atoms with E-state index in [9.17, 15) is 27.6 Å². The third-order valence-corrected chi connectivity index (χ3v) is 8.00. The predicted molar refractivity (Wildman–Crippen MR) is 156 cm³/mol. The maximum Gasteiger partial charge on any atom is 0.397 e. The molecule has 0 spiro atoms. The molecule has 216 valence electrons. The summed E-state index contributed by atoms with van der Waals surface area (Å²) in [6, 6.07) is 14.7. The number of hydrogen-bond donors (Lipinski definition) is 2. The molecule has 0 aromatic heterocycles. The average Bonchev–Trinajstić information content (AvgIpc) is 3.45. The van der Waals surface area contributed by atoms with Gasteiger partial charge in [-0.05, 0) is 66.2 Å². The molecule has 41 heavy (non-hydrogen) atoms. The Kier molecular flexibility index (Phi) is 9.07. The van der Waals surface area contributed by atoms with E-state index in [-0.39, 0.29) is 27.6 Å². The van der Waals surface area contributed by atoms with Crippen LogP contribution in [0.4, 0.5) is 30.2 Å². The van der Waals surface area contributed by atoms with Crippen molar-refractivity contribution in [3.8, 4) is 0 Å². The van der Waals surface area contributed by atoms with Gasteiger partial charge in [-0.15, -0.1) is 23.2 Å². The molecule has 14 heteroatoms. The van der Waals surface area contributed by atoms with Gasteiger partial charge in [0.2, 0.25) is 11.8 Å². The summed E-state index contributed by atoms with van der Waals surface area (Å²) in [5, 5.41) is 6.14. The van der Waals surface area contributed by atoms with Gasteiger partial charge in [-0.1, -0.05) is 34.8 Å². The highest BCUT2D eigenvalue weighted by atomic mass is 35.5. The number of anilines is 3. The maximum atomic E-state index is 13.0. The van der Waals surface area contributed by atoms with Crippen LogP contribution in [0.3, 0.4) is 0 Å². The Bertz CT molecular complexity index is 1500. The summed E-state index contributed by atoms with van der Waals surface area (Å²) in [6.07, 6.45) is -6.23. The number of carbonyl (C=O) groups is 3. The van der Waals surface area contributed by atoms with Crippen molar-refractivity contribution < 1.29 is 27.6 Å². The molecule has 3 aromatic carbocycles. The highest BCUT2D eigenvalue weighted by Gasteiger charge is 2.67. The number of benzene rings is 3. The molecule has 3 aromatic rings. The number of rotatable bonds is 7. The molecule has 0 radical (unpaired) electrons. The first-order chi connectivity index (χ1) is 19.1. The number of halogens is 8. The van der Waals surface area contributed by atoms with Gasteiger partial charge >= 0.3 is 6.18 Å². The Morgan fingerprint density at radius 2 is 1.46 bits per heavy atom. The Labute approximate surface area is 257 Å². The molecular weight excluding hydrogens is 649 g/mol. The fourth-order valence-electron chi connectivity index (χ4n) is 4.22. The minimum absolute atomic E-state index is 0.0306. The van der Waals surface area contributed by atoms with E-state index in [0.29, 0.717) is 15.6 Å². The van der Waals surface area contributed by atoms with Crippen molar-refractivity contribution in [2.24, 2.45) is 5.92 Å². The first-order valence-electron chi connectivity index (χ1n) is 11.8. The van der Waals surface area contributed by atoms with Crippen LogP contribution in [-0.4, -0.2) is 35.3 Å². The minimum atomic E-state index is -4.63. The predicted octanol–water partition coefficient (Wildman–Crippen LogP) is 8.34. The third-order valence-electron chi connectivity index (χ3n) is 6.30. The highest BCUT2D eigenvalue weighted by molar-refractivity contribution is 6.53. The Morgan fingerprint density at radius 1 is 0.878 bits per heavy atom. The van der Waals surface area contributed by atoms with Crippen LogP contribution in [0.25, 0.3) is 0 Å². The van der Waals surface area contributed by atoms with Gasteiger partial charge in [-0.25, -0.2) is 0 Å². The van der Waals surface area contributed by atoms with E-state index in [1.165, 1.54) is 49.5 Å². The quantitative estimate of drug-likeness (QED) is 0.249. The highest BCUT2D eigenvalue weighted by Crippen LogP contribution is 2.65. The van der Waals surface area contributed by atoms with Crippen molar-refractivity contribution in [3.05, 3.63) is 86.9 Å². The molecular formula is C27H19Cl5F3N3O3. The Hall–Kier alpha value is -2.69. The molecule has 2 N–H and O–H groups in total. The number of hydrogen-bond acceptors (Lipinski definition) is 3. The number of amides is 3. The summed E-state index contributed by atoms with van der Waals surface area (Å²) in [7, 11) is 1.22. The summed E-state index contributed by atoms with van der Waals surface area (Å²) in [6.45, 7) is 0. The van der Waals surface area contributed by atoms with Gasteiger partial charge in [0.1, 0.15) is 10.8 Å². The molecule has 0 heterocycles. The van der Waals surface area contributed by atoms with E-state index >= 15 is 0 Å². The van der Waals surface area contributed by atoms with Crippen LogP contribution in [0.15, 0.2) is 60.7 Å². The zero-order chi connectivity index (χ0) is 30.3. The number of nitrogens with one attached hydrogen (secondary N) is 2. The molecule has 1 fully saturated rings. The summed E-state index contributed by atoms with van der Waals surface area (Å²) >= 11 is 31.2. The molecule has 1 aliphatic carbocycles. The monoisotopic (exact) mass is 665 g/mol. The number of carbonyl (C=O) groups excluding carboxylic acids is 3. The van der Waals surface area contributed by atoms with Crippen LogP contribution in [-0.2, 0) is 9.59 Å². The Morgan fingerprint density at radius 3 is 2.05 bits per heavy atom. The first kappa shape index (κ1) is 31.3. The van der Waals surface area contributed by atoms with Crippen molar-refractivity contribution >= 4 is 92.8 Å². The summed E-state index contributed by atoms with van der Waals surface area (Å²) in [4.78, 5) is 38.7. The van der Waals surface area contributed by atoms with Crippen LogP contribution < -0.4 is 15.5 Å². The molecule has 1 aliphatic rings. The molecule has 2 atom stereocenters. The van der Waals surface area contributed by atoms with Crippen molar-refractivity contribution in [1.29, 1.82) is 0 Å². The standard InChI is InChI=1S/C27H19Cl5F3N3O3/c1-38(21(39)12-26(33,34)35)18-5-2-16(3-6-18)36-24(40)19-11-17(4-7-20(19)30)37-25(41)23-22(27(23,31)32)13-8-14(28)10-15(29)9-13/h2-11,22-23H,12H2,1H3,(H,36,40)(H,37,41). The van der Waals surface area contributed by atoms with E-state index in [4.69, 9.17) is 58.0 Å². The topological polar surface area (TPSA) is 78.5 Å². The Balaban J connectivity index is 1.43. The molecule has 6 nitrogen and oxygen atoms in total. The van der Waals surface area contributed by atoms with Crippen LogP contribution in [0, 0.1) is 5.92 Å². The smallest absolute Gasteiger partial charge is 0.326 e. The molecule has 0 saturated heterocycles. The third kappa shape index (κ3) is 7.40. The van der Waals surface area contributed by atoms with Crippen molar-refractivity contribution in [3.63, 3.8) is 0 Å². The SMILES string of the molecule is CN(C(=O)CC(F)(F)F)c1ccc(NC(=O)c2cc(NC(=O)C3C(c4cc(Cl)cc(Cl)c4)C3(Cl)Cl)ccc2Cl)cc1. The molecule has 0 aliphatic heterocycles. The second-order valence-corrected chi connectivity index (χ2v) is 12.0. The molecule has 0 bridgehead atoms. The van der Waals surface area contributed by atoms with Gasteiger partial charge in [0.05, 0.1) is 16.5 Å². The van der Waals surface area contributed by atoms with Gasteiger partial charge in [0.25, 0.3) is 5.91 Å². The lowest BCUT2D eigenvalue weighted by Crippen LogP contribution is -2.30. The molecule has 4 rings (SSSR count). The maximum absolute atomic E-state index is 13.0. The van der Waals surface area contributed by atoms with E-state index in [1.54, 1.807) is 18.2 Å². The van der Waals surface area contributed by atoms with Gasteiger partial charge in [-0.2, -0.15) is 13.2 Å². The average molecular weight is 668 g/mol. The van der Waals surface area contributed by atoms with Gasteiger partial charge in [-0.3, -0.25) is 14.4 Å². The fourth-order valence-corrected chi connectivity index (χ4v) is 5.79. The molecule has 2 unspecified atom stereocenters. The first-order valence-corrected chi connectivity index (χ1v) is 13.6. The lowest BCUT2D eigenvalue weighted by molar-refractivity contribution is -0.151. The summed E-state index contributed by atoms with van der Waals surface area (Å²) < 4.78 is 36.2. The zero-order valence-corrected chi connectivity index (χ0v) is 24.6. The van der Waals surface area contributed by atoms with E-state index in [2.05, 4.69) is 10.6 Å². The lowest BCUT2D eigenvalue weighted by Gasteiger charge is -2.18. The molecule has 3 amide bonds. The van der Waals surface area contributed by atoms with E-state index in [1.807, 2.05) is 0 Å². The fraction of sp³-hybridized carbons (Fsp3) is 0.222. The molecule has 1 saturated carbocycles. The minimum Gasteiger partial charge on any atom is -0.326 e. The van der Waals surface area contributed by atoms with Crippen LogP contribution in [0.5, 0.6) is 0 Å². The van der Waals surface area contributed by atoms with E-state index < -0.39 is 46.5 Å². The second kappa shape index (κ2) is 11.9. The summed E-state index contributed by atoms with van der Waals surface area (Å²) in [5.74, 6) is -3.64. The largest absolute Gasteiger partial charge is 0.397 e. The zero-order valence-electron chi connectivity index (χ0n) is 20.8. The van der Waals surface area contributed by atoms with Crippen molar-refractivity contribution in [1.82, 2.24) is 0 Å². The van der Waals surface area contributed by atoms with Crippen LogP contribution in [0.1, 0.15) is 28.3 Å². The van der Waals surface area contributed by atoms with Gasteiger partial charge < -0.3 is 15.5 Å². The number of alkyl halides is 5. The van der Waals surface area contributed by atoms with Crippen LogP contribution >= 0.6 is 58.0 Å². The van der Waals surface area contributed by atoms with Crippen molar-refractivity contribution in [2.75, 3.05) is 22.6 Å². The van der Waals surface area contributed by atoms with E-state index in [0.717, 1.165) is 4.90 Å². The van der Waals surface area contributed by atoms with Gasteiger partial charge in [0, 0.05) is 40.1 Å². The second-order valence-electron chi connectivity index (χ2n) is 9.26. The van der Waals surface area contributed by atoms with Gasteiger partial charge in [0.15, 0.2) is 0 Å². The van der Waals surface area contributed by atoms with Crippen molar-refractivity contribution in [2.45, 2.75) is 22.8 Å². The van der Waals surface area contributed by atoms with Crippen LogP contribution in [0.2, 0.25) is 15.1 Å². The number of nitrogens with zero attached hydrogens (tertiary/aromatic N) is 1. The summed E-state index contributed by atoms with van der Waals surface area (Å²) in [5.41, 5.74) is 1.38. The normalized spacial score (nSPS) is 17.5. The lowest BCUT2D eigenvalue weighted by atomic mass is 10.1.